The van der Waals surface area contributed by atoms with Gasteiger partial charge in [-0.05, 0) is 24.0 Å². The zero-order valence-corrected chi connectivity index (χ0v) is 11.7. The van der Waals surface area contributed by atoms with Crippen LogP contribution < -0.4 is 0 Å². The second kappa shape index (κ2) is 6.53. The zero-order chi connectivity index (χ0) is 13.7. The van der Waals surface area contributed by atoms with Gasteiger partial charge < -0.3 is 0 Å². The highest BCUT2D eigenvalue weighted by Crippen LogP contribution is 2.30. The standard InChI is InChI=1S/C17H17ClO/c1-2-13(15-10-6-7-11-16(15)18)12-17(19)14-8-4-3-5-9-14/h3-11,13H,2,12H2,1H3/t13-/m0/s1. The van der Waals surface area contributed by atoms with Crippen molar-refractivity contribution in [3.05, 3.63) is 70.7 Å². The lowest BCUT2D eigenvalue weighted by Crippen LogP contribution is -2.07. The fourth-order valence-electron chi connectivity index (χ4n) is 2.25. The number of carbonyl (C=O) groups excluding carboxylic acids is 1. The van der Waals surface area contributed by atoms with Gasteiger partial charge >= 0.3 is 0 Å². The van der Waals surface area contributed by atoms with E-state index in [9.17, 15) is 4.79 Å². The van der Waals surface area contributed by atoms with Gasteiger partial charge in [0, 0.05) is 17.0 Å². The molecular weight excluding hydrogens is 256 g/mol. The first-order valence-corrected chi connectivity index (χ1v) is 6.92. The van der Waals surface area contributed by atoms with Crippen molar-refractivity contribution in [2.75, 3.05) is 0 Å². The van der Waals surface area contributed by atoms with Crippen LogP contribution in [0.15, 0.2) is 54.6 Å². The van der Waals surface area contributed by atoms with Crippen LogP contribution in [0.25, 0.3) is 0 Å². The number of Topliss-reactive ketones (excluding diaryl/α,β-unsaturated/α-hetero) is 1. The maximum atomic E-state index is 12.3. The number of hydrogen-bond acceptors (Lipinski definition) is 1. The normalized spacial score (nSPS) is 12.1. The van der Waals surface area contributed by atoms with Crippen LogP contribution in [0.3, 0.4) is 0 Å². The maximum absolute atomic E-state index is 12.3. The van der Waals surface area contributed by atoms with Crippen LogP contribution in [0.5, 0.6) is 0 Å². The highest BCUT2D eigenvalue weighted by molar-refractivity contribution is 6.31. The van der Waals surface area contributed by atoms with Gasteiger partial charge in [-0.2, -0.15) is 0 Å². The van der Waals surface area contributed by atoms with Crippen molar-refractivity contribution in [1.29, 1.82) is 0 Å². The van der Waals surface area contributed by atoms with Gasteiger partial charge in [-0.1, -0.05) is 67.1 Å². The lowest BCUT2D eigenvalue weighted by Gasteiger charge is -2.16. The van der Waals surface area contributed by atoms with Crippen molar-refractivity contribution in [2.45, 2.75) is 25.7 Å². The van der Waals surface area contributed by atoms with E-state index in [4.69, 9.17) is 11.6 Å². The molecule has 2 aromatic carbocycles. The van der Waals surface area contributed by atoms with E-state index in [0.29, 0.717) is 6.42 Å². The summed E-state index contributed by atoms with van der Waals surface area (Å²) in [4.78, 5) is 12.3. The third-order valence-corrected chi connectivity index (χ3v) is 3.71. The summed E-state index contributed by atoms with van der Waals surface area (Å²) < 4.78 is 0. The number of benzene rings is 2. The van der Waals surface area contributed by atoms with Gasteiger partial charge in [-0.25, -0.2) is 0 Å². The molecule has 0 heterocycles. The third kappa shape index (κ3) is 3.45. The van der Waals surface area contributed by atoms with E-state index in [2.05, 4.69) is 6.92 Å². The Hall–Kier alpha value is -1.60. The van der Waals surface area contributed by atoms with Gasteiger partial charge in [0.2, 0.25) is 0 Å². The van der Waals surface area contributed by atoms with E-state index in [1.54, 1.807) is 0 Å². The molecule has 0 unspecified atom stereocenters. The van der Waals surface area contributed by atoms with Crippen LogP contribution >= 0.6 is 11.6 Å². The summed E-state index contributed by atoms with van der Waals surface area (Å²) >= 11 is 6.22. The Morgan fingerprint density at radius 1 is 1.05 bits per heavy atom. The summed E-state index contributed by atoms with van der Waals surface area (Å²) in [6.07, 6.45) is 1.41. The predicted molar refractivity (Wildman–Crippen MR) is 79.9 cm³/mol. The number of hydrogen-bond donors (Lipinski definition) is 0. The average molecular weight is 273 g/mol. The topological polar surface area (TPSA) is 17.1 Å². The van der Waals surface area contributed by atoms with Crippen LogP contribution in [0.2, 0.25) is 5.02 Å². The summed E-state index contributed by atoms with van der Waals surface area (Å²) in [7, 11) is 0. The number of halogens is 1. The van der Waals surface area contributed by atoms with Crippen LogP contribution in [0.1, 0.15) is 41.6 Å². The van der Waals surface area contributed by atoms with E-state index < -0.39 is 0 Å². The molecule has 0 saturated heterocycles. The van der Waals surface area contributed by atoms with Gasteiger partial charge in [0.1, 0.15) is 0 Å². The highest BCUT2D eigenvalue weighted by atomic mass is 35.5. The molecule has 0 bridgehead atoms. The molecule has 0 amide bonds. The molecule has 0 aliphatic rings. The molecular formula is C17H17ClO. The summed E-state index contributed by atoms with van der Waals surface area (Å²) in [6, 6.07) is 17.2. The Balaban J connectivity index is 2.17. The van der Waals surface area contributed by atoms with Gasteiger partial charge in [0.25, 0.3) is 0 Å². The van der Waals surface area contributed by atoms with Crippen molar-refractivity contribution >= 4 is 17.4 Å². The minimum atomic E-state index is 0.173. The Bertz CT molecular complexity index is 548. The Morgan fingerprint density at radius 3 is 2.32 bits per heavy atom. The Labute approximate surface area is 119 Å². The highest BCUT2D eigenvalue weighted by Gasteiger charge is 2.17. The monoisotopic (exact) mass is 272 g/mol. The van der Waals surface area contributed by atoms with Gasteiger partial charge in [0.05, 0.1) is 0 Å². The lowest BCUT2D eigenvalue weighted by atomic mass is 9.89. The fourth-order valence-corrected chi connectivity index (χ4v) is 2.54. The molecule has 0 aliphatic heterocycles. The first kappa shape index (κ1) is 13.8. The largest absolute Gasteiger partial charge is 0.294 e. The minimum Gasteiger partial charge on any atom is -0.294 e. The molecule has 2 rings (SSSR count). The molecule has 0 spiro atoms. The fraction of sp³-hybridized carbons (Fsp3) is 0.235. The lowest BCUT2D eigenvalue weighted by molar-refractivity contribution is 0.0973. The molecule has 0 radical (unpaired) electrons. The van der Waals surface area contributed by atoms with Crippen LogP contribution in [0, 0.1) is 0 Å². The Morgan fingerprint density at radius 2 is 1.68 bits per heavy atom. The molecule has 1 atom stereocenters. The first-order chi connectivity index (χ1) is 9.22. The van der Waals surface area contributed by atoms with Crippen molar-refractivity contribution in [3.63, 3.8) is 0 Å². The van der Waals surface area contributed by atoms with Crippen LogP contribution in [-0.4, -0.2) is 5.78 Å². The summed E-state index contributed by atoms with van der Waals surface area (Å²) in [6.45, 7) is 2.09. The molecule has 0 fully saturated rings. The minimum absolute atomic E-state index is 0.173. The van der Waals surface area contributed by atoms with Crippen LogP contribution in [-0.2, 0) is 0 Å². The van der Waals surface area contributed by atoms with Crippen LogP contribution in [0.4, 0.5) is 0 Å². The van der Waals surface area contributed by atoms with E-state index in [1.165, 1.54) is 0 Å². The number of carbonyl (C=O) groups is 1. The molecule has 19 heavy (non-hydrogen) atoms. The number of rotatable bonds is 5. The molecule has 2 heteroatoms. The second-order valence-corrected chi connectivity index (χ2v) is 5.03. The van der Waals surface area contributed by atoms with Gasteiger partial charge in [-0.15, -0.1) is 0 Å². The maximum Gasteiger partial charge on any atom is 0.163 e. The summed E-state index contributed by atoms with van der Waals surface area (Å²) in [5.74, 6) is 0.355. The summed E-state index contributed by atoms with van der Waals surface area (Å²) in [5.41, 5.74) is 1.84. The molecule has 0 N–H and O–H groups in total. The zero-order valence-electron chi connectivity index (χ0n) is 11.0. The van der Waals surface area contributed by atoms with Crippen molar-refractivity contribution in [2.24, 2.45) is 0 Å². The average Bonchev–Trinajstić information content (AvgIpc) is 2.46. The third-order valence-electron chi connectivity index (χ3n) is 3.37. The van der Waals surface area contributed by atoms with Crippen molar-refractivity contribution in [1.82, 2.24) is 0 Å². The molecule has 0 aliphatic carbocycles. The van der Waals surface area contributed by atoms with Crippen molar-refractivity contribution < 1.29 is 4.79 Å². The van der Waals surface area contributed by atoms with Gasteiger partial charge in [-0.3, -0.25) is 4.79 Å². The quantitative estimate of drug-likeness (QED) is 0.692. The molecule has 2 aromatic rings. The van der Waals surface area contributed by atoms with E-state index >= 15 is 0 Å². The second-order valence-electron chi connectivity index (χ2n) is 4.62. The number of ketones is 1. The Kier molecular flexibility index (Phi) is 4.75. The molecule has 1 nitrogen and oxygen atoms in total. The predicted octanol–water partition coefficient (Wildman–Crippen LogP) is 5.11. The van der Waals surface area contributed by atoms with E-state index in [-0.39, 0.29) is 11.7 Å². The van der Waals surface area contributed by atoms with E-state index in [1.807, 2.05) is 54.6 Å². The first-order valence-electron chi connectivity index (χ1n) is 6.55. The van der Waals surface area contributed by atoms with Gasteiger partial charge in [0.15, 0.2) is 5.78 Å². The SMILES string of the molecule is CC[C@@H](CC(=O)c1ccccc1)c1ccccc1Cl. The van der Waals surface area contributed by atoms with E-state index in [0.717, 1.165) is 22.6 Å². The summed E-state index contributed by atoms with van der Waals surface area (Å²) in [5, 5.41) is 0.746. The molecule has 98 valence electrons. The smallest absolute Gasteiger partial charge is 0.163 e. The molecule has 0 saturated carbocycles. The van der Waals surface area contributed by atoms with Crippen molar-refractivity contribution in [3.8, 4) is 0 Å². The molecule has 0 aromatic heterocycles.